The maximum atomic E-state index is 12.1. The van der Waals surface area contributed by atoms with Gasteiger partial charge in [-0.25, -0.2) is 4.79 Å². The van der Waals surface area contributed by atoms with Crippen LogP contribution in [0.5, 0.6) is 5.75 Å². The topological polar surface area (TPSA) is 42.0 Å². The van der Waals surface area contributed by atoms with Crippen LogP contribution in [-0.2, 0) is 4.74 Å². The van der Waals surface area contributed by atoms with Gasteiger partial charge in [0.1, 0.15) is 12.4 Å². The molecule has 5 nitrogen and oxygen atoms in total. The fraction of sp³-hybridized carbons (Fsp3) is 0.381. The summed E-state index contributed by atoms with van der Waals surface area (Å²) in [6.07, 6.45) is 0. The van der Waals surface area contributed by atoms with Gasteiger partial charge in [0.05, 0.1) is 18.4 Å². The minimum Gasteiger partial charge on any atom is -0.492 e. The van der Waals surface area contributed by atoms with Gasteiger partial charge in [0.2, 0.25) is 0 Å². The van der Waals surface area contributed by atoms with Gasteiger partial charge in [-0.2, -0.15) is 0 Å². The van der Waals surface area contributed by atoms with Crippen molar-refractivity contribution >= 4 is 23.3 Å². The minimum absolute atomic E-state index is 0.285. The second kappa shape index (κ2) is 9.11. The van der Waals surface area contributed by atoms with Gasteiger partial charge >= 0.3 is 5.97 Å². The number of hydrogen-bond acceptors (Lipinski definition) is 5. The lowest BCUT2D eigenvalue weighted by atomic mass is 10.1. The summed E-state index contributed by atoms with van der Waals surface area (Å²) in [7, 11) is 1.42. The number of para-hydroxylation sites is 1. The molecule has 144 valence electrons. The zero-order valence-corrected chi connectivity index (χ0v) is 16.5. The standard InChI is InChI=1S/C21H25ClN2O3/c1-16-4-3-5-19(21(25)26-2)20(16)24-12-10-23(11-13-24)14-15-27-18-8-6-17(22)7-9-18/h3-9H,10-15H2,1-2H3. The molecule has 0 aromatic heterocycles. The highest BCUT2D eigenvalue weighted by Gasteiger charge is 2.23. The Bertz CT molecular complexity index is 771. The zero-order valence-electron chi connectivity index (χ0n) is 15.8. The summed E-state index contributed by atoms with van der Waals surface area (Å²) in [5.74, 6) is 0.549. The number of anilines is 1. The maximum Gasteiger partial charge on any atom is 0.339 e. The van der Waals surface area contributed by atoms with Crippen molar-refractivity contribution in [3.63, 3.8) is 0 Å². The van der Waals surface area contributed by atoms with Gasteiger partial charge in [0, 0.05) is 37.7 Å². The van der Waals surface area contributed by atoms with E-state index in [2.05, 4.69) is 9.80 Å². The summed E-state index contributed by atoms with van der Waals surface area (Å²) >= 11 is 5.89. The molecule has 0 atom stereocenters. The average Bonchev–Trinajstić information content (AvgIpc) is 2.69. The molecular weight excluding hydrogens is 364 g/mol. The van der Waals surface area contributed by atoms with Crippen molar-refractivity contribution in [1.29, 1.82) is 0 Å². The van der Waals surface area contributed by atoms with Crippen LogP contribution in [0.3, 0.4) is 0 Å². The van der Waals surface area contributed by atoms with E-state index in [1.165, 1.54) is 7.11 Å². The van der Waals surface area contributed by atoms with E-state index in [0.717, 1.165) is 49.7 Å². The number of nitrogens with zero attached hydrogens (tertiary/aromatic N) is 2. The highest BCUT2D eigenvalue weighted by molar-refractivity contribution is 6.30. The van der Waals surface area contributed by atoms with Crippen molar-refractivity contribution in [2.24, 2.45) is 0 Å². The first kappa shape index (κ1) is 19.5. The minimum atomic E-state index is -0.285. The van der Waals surface area contributed by atoms with E-state index in [4.69, 9.17) is 21.1 Å². The summed E-state index contributed by atoms with van der Waals surface area (Å²) in [6, 6.07) is 13.2. The summed E-state index contributed by atoms with van der Waals surface area (Å²) < 4.78 is 10.7. The molecule has 0 radical (unpaired) electrons. The third-order valence-electron chi connectivity index (χ3n) is 4.82. The van der Waals surface area contributed by atoms with Gasteiger partial charge in [-0.3, -0.25) is 4.90 Å². The number of carbonyl (C=O) groups is 1. The maximum absolute atomic E-state index is 12.1. The first-order valence-electron chi connectivity index (χ1n) is 9.12. The lowest BCUT2D eigenvalue weighted by Gasteiger charge is -2.37. The number of aryl methyl sites for hydroxylation is 1. The van der Waals surface area contributed by atoms with Gasteiger partial charge in [-0.15, -0.1) is 0 Å². The molecule has 0 N–H and O–H groups in total. The van der Waals surface area contributed by atoms with Crippen LogP contribution >= 0.6 is 11.6 Å². The number of benzene rings is 2. The number of hydrogen-bond donors (Lipinski definition) is 0. The van der Waals surface area contributed by atoms with E-state index < -0.39 is 0 Å². The molecule has 0 amide bonds. The molecule has 1 aliphatic heterocycles. The van der Waals surface area contributed by atoms with E-state index >= 15 is 0 Å². The van der Waals surface area contributed by atoms with Gasteiger partial charge in [0.25, 0.3) is 0 Å². The van der Waals surface area contributed by atoms with Crippen LogP contribution in [0.15, 0.2) is 42.5 Å². The van der Waals surface area contributed by atoms with Crippen molar-refractivity contribution in [1.82, 2.24) is 4.90 Å². The lowest BCUT2D eigenvalue weighted by molar-refractivity contribution is 0.0601. The first-order valence-corrected chi connectivity index (χ1v) is 9.50. The number of methoxy groups -OCH3 is 1. The van der Waals surface area contributed by atoms with Gasteiger partial charge in [-0.05, 0) is 42.8 Å². The lowest BCUT2D eigenvalue weighted by Crippen LogP contribution is -2.48. The van der Waals surface area contributed by atoms with Crippen LogP contribution in [0.25, 0.3) is 0 Å². The molecule has 1 saturated heterocycles. The Labute approximate surface area is 165 Å². The van der Waals surface area contributed by atoms with E-state index in [1.807, 2.05) is 49.4 Å². The largest absolute Gasteiger partial charge is 0.492 e. The third-order valence-corrected chi connectivity index (χ3v) is 5.07. The van der Waals surface area contributed by atoms with Crippen molar-refractivity contribution in [3.8, 4) is 5.75 Å². The first-order chi connectivity index (χ1) is 13.1. The Morgan fingerprint density at radius 1 is 1.07 bits per heavy atom. The molecule has 27 heavy (non-hydrogen) atoms. The number of halogens is 1. The molecule has 3 rings (SSSR count). The van der Waals surface area contributed by atoms with Crippen molar-refractivity contribution in [2.75, 3.05) is 51.3 Å². The molecule has 1 fully saturated rings. The molecule has 1 aliphatic rings. The highest BCUT2D eigenvalue weighted by Crippen LogP contribution is 2.27. The summed E-state index contributed by atoms with van der Waals surface area (Å²) in [5.41, 5.74) is 2.72. The molecule has 0 spiro atoms. The van der Waals surface area contributed by atoms with Crippen molar-refractivity contribution in [3.05, 3.63) is 58.6 Å². The Morgan fingerprint density at radius 2 is 1.78 bits per heavy atom. The normalized spacial score (nSPS) is 14.9. The van der Waals surface area contributed by atoms with Crippen LogP contribution in [0.4, 0.5) is 5.69 Å². The second-order valence-corrected chi connectivity index (χ2v) is 7.03. The summed E-state index contributed by atoms with van der Waals surface area (Å²) in [5, 5.41) is 0.709. The molecule has 0 saturated carbocycles. The Hall–Kier alpha value is -2.24. The van der Waals surface area contributed by atoms with Crippen molar-refractivity contribution < 1.29 is 14.3 Å². The zero-order chi connectivity index (χ0) is 19.2. The van der Waals surface area contributed by atoms with E-state index in [0.29, 0.717) is 17.2 Å². The van der Waals surface area contributed by atoms with Gasteiger partial charge in [-0.1, -0.05) is 23.7 Å². The van der Waals surface area contributed by atoms with E-state index in [1.54, 1.807) is 0 Å². The third kappa shape index (κ3) is 4.93. The number of piperazine rings is 1. The van der Waals surface area contributed by atoms with Gasteiger partial charge < -0.3 is 14.4 Å². The predicted molar refractivity (Wildman–Crippen MR) is 108 cm³/mol. The van der Waals surface area contributed by atoms with Crippen LogP contribution in [0.1, 0.15) is 15.9 Å². The van der Waals surface area contributed by atoms with Crippen LogP contribution in [0, 0.1) is 6.92 Å². The number of rotatable bonds is 6. The van der Waals surface area contributed by atoms with Crippen LogP contribution in [-0.4, -0.2) is 57.3 Å². The number of esters is 1. The van der Waals surface area contributed by atoms with E-state index in [-0.39, 0.29) is 5.97 Å². The molecule has 1 heterocycles. The van der Waals surface area contributed by atoms with Crippen LogP contribution < -0.4 is 9.64 Å². The highest BCUT2D eigenvalue weighted by atomic mass is 35.5. The monoisotopic (exact) mass is 388 g/mol. The second-order valence-electron chi connectivity index (χ2n) is 6.59. The van der Waals surface area contributed by atoms with Crippen molar-refractivity contribution in [2.45, 2.75) is 6.92 Å². The Morgan fingerprint density at radius 3 is 2.44 bits per heavy atom. The quantitative estimate of drug-likeness (QED) is 0.707. The summed E-state index contributed by atoms with van der Waals surface area (Å²) in [6.45, 7) is 7.14. The van der Waals surface area contributed by atoms with Crippen LogP contribution in [0.2, 0.25) is 5.02 Å². The Balaban J connectivity index is 1.53. The molecule has 0 bridgehead atoms. The summed E-state index contributed by atoms with van der Waals surface area (Å²) in [4.78, 5) is 16.8. The molecular formula is C21H25ClN2O3. The molecule has 2 aromatic carbocycles. The molecule has 0 unspecified atom stereocenters. The fourth-order valence-corrected chi connectivity index (χ4v) is 3.50. The number of ether oxygens (including phenoxy) is 2. The molecule has 6 heteroatoms. The molecule has 0 aliphatic carbocycles. The van der Waals surface area contributed by atoms with Gasteiger partial charge in [0.15, 0.2) is 0 Å². The fourth-order valence-electron chi connectivity index (χ4n) is 3.37. The Kier molecular flexibility index (Phi) is 6.58. The smallest absolute Gasteiger partial charge is 0.339 e. The van der Waals surface area contributed by atoms with E-state index in [9.17, 15) is 4.79 Å². The SMILES string of the molecule is COC(=O)c1cccc(C)c1N1CCN(CCOc2ccc(Cl)cc2)CC1. The average molecular weight is 389 g/mol. The number of carbonyl (C=O) groups excluding carboxylic acids is 1. The molecule has 2 aromatic rings. The predicted octanol–water partition coefficient (Wildman–Crippen LogP) is 3.64.